The van der Waals surface area contributed by atoms with Crippen molar-refractivity contribution in [2.75, 3.05) is 9.80 Å². The number of carbonyl (C=O) groups is 1. The van der Waals surface area contributed by atoms with E-state index in [4.69, 9.17) is 22.2 Å². The first-order valence-electron chi connectivity index (χ1n) is 10.6. The molecule has 1 aliphatic rings. The summed E-state index contributed by atoms with van der Waals surface area (Å²) < 4.78 is 76.0. The second-order valence-corrected chi connectivity index (χ2v) is 9.79. The molecule has 2 heterocycles. The number of halogens is 5. The van der Waals surface area contributed by atoms with E-state index in [-0.39, 0.29) is 29.6 Å². The van der Waals surface area contributed by atoms with Crippen molar-refractivity contribution in [3.05, 3.63) is 75.2 Å². The van der Waals surface area contributed by atoms with Gasteiger partial charge in [0.2, 0.25) is 0 Å². The van der Waals surface area contributed by atoms with Crippen molar-refractivity contribution in [3.8, 4) is 6.07 Å². The standard InChI is InChI=1S/C24H17F5N4O2S2/c1-23(2)21(34)32(17-6-4-13(10-30)19(20(17)26)24(27,28)29)22(36)33(23)15-5-3-14(16(25)9-15)11-35-12-18-31-7-8-37-18/h3-9H,11-12H2,1-2H3. The van der Waals surface area contributed by atoms with E-state index < -0.39 is 46.1 Å². The summed E-state index contributed by atoms with van der Waals surface area (Å²) in [7, 11) is 0. The first kappa shape index (κ1) is 26.6. The Bertz CT molecular complexity index is 1420. The fourth-order valence-corrected chi connectivity index (χ4v) is 4.98. The normalized spacial score (nSPS) is 15.4. The van der Waals surface area contributed by atoms with Gasteiger partial charge in [0.05, 0.1) is 30.5 Å². The fourth-order valence-electron chi connectivity index (χ4n) is 3.91. The Kier molecular flexibility index (Phi) is 7.02. The van der Waals surface area contributed by atoms with Crippen LogP contribution < -0.4 is 9.80 Å². The molecule has 0 unspecified atom stereocenters. The number of ether oxygens (including phenoxy) is 1. The zero-order valence-electron chi connectivity index (χ0n) is 19.3. The number of nitriles is 1. The summed E-state index contributed by atoms with van der Waals surface area (Å²) in [6.07, 6.45) is -3.57. The van der Waals surface area contributed by atoms with E-state index in [9.17, 15) is 22.4 Å². The van der Waals surface area contributed by atoms with Gasteiger partial charge < -0.3 is 9.64 Å². The maximum absolute atomic E-state index is 15.1. The highest BCUT2D eigenvalue weighted by Gasteiger charge is 2.52. The third-order valence-electron chi connectivity index (χ3n) is 5.70. The minimum absolute atomic E-state index is 0.0543. The minimum Gasteiger partial charge on any atom is -0.369 e. The lowest BCUT2D eigenvalue weighted by Gasteiger charge is -2.29. The molecule has 6 nitrogen and oxygen atoms in total. The van der Waals surface area contributed by atoms with Gasteiger partial charge in [-0.1, -0.05) is 6.07 Å². The van der Waals surface area contributed by atoms with Gasteiger partial charge in [-0.25, -0.2) is 13.8 Å². The van der Waals surface area contributed by atoms with E-state index in [0.29, 0.717) is 4.90 Å². The van der Waals surface area contributed by atoms with Gasteiger partial charge in [0.25, 0.3) is 5.91 Å². The second kappa shape index (κ2) is 9.77. The largest absolute Gasteiger partial charge is 0.420 e. The third-order valence-corrected chi connectivity index (χ3v) is 6.81. The minimum atomic E-state index is -5.19. The maximum atomic E-state index is 15.1. The number of amides is 1. The molecule has 1 fully saturated rings. The summed E-state index contributed by atoms with van der Waals surface area (Å²) in [6, 6.07) is 6.99. The van der Waals surface area contributed by atoms with Gasteiger partial charge >= 0.3 is 6.18 Å². The molecule has 1 aliphatic heterocycles. The first-order chi connectivity index (χ1) is 17.4. The molecular weight excluding hydrogens is 535 g/mol. The summed E-state index contributed by atoms with van der Waals surface area (Å²) in [4.78, 5) is 19.2. The van der Waals surface area contributed by atoms with Gasteiger partial charge in [-0.15, -0.1) is 11.3 Å². The molecule has 13 heteroatoms. The number of alkyl halides is 3. The zero-order chi connectivity index (χ0) is 27.1. The van der Waals surface area contributed by atoms with Crippen LogP contribution in [0.3, 0.4) is 0 Å². The number of thiazole rings is 1. The maximum Gasteiger partial charge on any atom is 0.420 e. The van der Waals surface area contributed by atoms with Crippen molar-refractivity contribution in [3.63, 3.8) is 0 Å². The van der Waals surface area contributed by atoms with Crippen molar-refractivity contribution >= 4 is 45.9 Å². The average molecular weight is 553 g/mol. The van der Waals surface area contributed by atoms with Crippen molar-refractivity contribution in [1.82, 2.24) is 4.98 Å². The van der Waals surface area contributed by atoms with Crippen LogP contribution in [0.25, 0.3) is 0 Å². The van der Waals surface area contributed by atoms with Crippen molar-refractivity contribution < 1.29 is 31.5 Å². The molecule has 0 spiro atoms. The van der Waals surface area contributed by atoms with E-state index >= 15 is 4.39 Å². The first-order valence-corrected chi connectivity index (χ1v) is 11.9. The molecule has 2 aromatic carbocycles. The summed E-state index contributed by atoms with van der Waals surface area (Å²) in [5.74, 6) is -3.30. The Hall–Kier alpha value is -3.47. The lowest BCUT2D eigenvalue weighted by atomic mass is 10.0. The molecule has 0 radical (unpaired) electrons. The monoisotopic (exact) mass is 552 g/mol. The number of anilines is 2. The van der Waals surface area contributed by atoms with Gasteiger partial charge in [0.15, 0.2) is 10.9 Å². The number of hydrogen-bond acceptors (Lipinski definition) is 6. The fraction of sp³-hybridized carbons (Fsp3) is 0.250. The lowest BCUT2D eigenvalue weighted by Crippen LogP contribution is -2.44. The smallest absolute Gasteiger partial charge is 0.369 e. The molecule has 37 heavy (non-hydrogen) atoms. The van der Waals surface area contributed by atoms with Gasteiger partial charge in [-0.05, 0) is 50.3 Å². The van der Waals surface area contributed by atoms with E-state index in [1.807, 2.05) is 0 Å². The average Bonchev–Trinajstić information content (AvgIpc) is 3.39. The molecule has 0 aliphatic carbocycles. The molecule has 1 saturated heterocycles. The summed E-state index contributed by atoms with van der Waals surface area (Å²) in [5.41, 5.74) is -4.63. The Labute approximate surface area is 217 Å². The van der Waals surface area contributed by atoms with Gasteiger partial charge in [-0.3, -0.25) is 9.69 Å². The van der Waals surface area contributed by atoms with E-state index in [2.05, 4.69) is 4.98 Å². The Morgan fingerprint density at radius 2 is 1.92 bits per heavy atom. The van der Waals surface area contributed by atoms with Gasteiger partial charge in [-0.2, -0.15) is 18.4 Å². The number of thiocarbonyl (C=S) groups is 1. The predicted molar refractivity (Wildman–Crippen MR) is 130 cm³/mol. The molecule has 1 amide bonds. The van der Waals surface area contributed by atoms with Crippen LogP contribution in [0.4, 0.5) is 33.3 Å². The van der Waals surface area contributed by atoms with Gasteiger partial charge in [0, 0.05) is 22.8 Å². The van der Waals surface area contributed by atoms with E-state index in [1.165, 1.54) is 48.3 Å². The second-order valence-electron chi connectivity index (χ2n) is 8.44. The number of carbonyl (C=O) groups excluding carboxylic acids is 1. The highest BCUT2D eigenvalue weighted by Crippen LogP contribution is 2.42. The molecule has 0 atom stereocenters. The van der Waals surface area contributed by atoms with Crippen LogP contribution in [0.1, 0.15) is 35.5 Å². The predicted octanol–water partition coefficient (Wildman–Crippen LogP) is 5.95. The van der Waals surface area contributed by atoms with Crippen LogP contribution in [0.2, 0.25) is 0 Å². The molecule has 0 saturated carbocycles. The summed E-state index contributed by atoms with van der Waals surface area (Å²) in [6.45, 7) is 3.00. The molecule has 192 valence electrons. The number of aromatic nitrogens is 1. The van der Waals surface area contributed by atoms with Crippen LogP contribution in [0.5, 0.6) is 0 Å². The molecule has 3 aromatic rings. The summed E-state index contributed by atoms with van der Waals surface area (Å²) in [5, 5.41) is 11.2. The van der Waals surface area contributed by atoms with Crippen LogP contribution in [0, 0.1) is 23.0 Å². The Morgan fingerprint density at radius 1 is 1.19 bits per heavy atom. The number of nitrogens with zero attached hydrogens (tertiary/aromatic N) is 4. The Morgan fingerprint density at radius 3 is 2.51 bits per heavy atom. The number of benzene rings is 2. The molecule has 1 aromatic heterocycles. The highest BCUT2D eigenvalue weighted by molar-refractivity contribution is 7.81. The Balaban J connectivity index is 1.66. The topological polar surface area (TPSA) is 69.5 Å². The van der Waals surface area contributed by atoms with Gasteiger partial charge in [0.1, 0.15) is 21.9 Å². The number of hydrogen-bond donors (Lipinski definition) is 0. The zero-order valence-corrected chi connectivity index (χ0v) is 20.9. The van der Waals surface area contributed by atoms with Crippen LogP contribution in [-0.4, -0.2) is 21.5 Å². The molecule has 4 rings (SSSR count). The van der Waals surface area contributed by atoms with Crippen LogP contribution >= 0.6 is 23.6 Å². The van der Waals surface area contributed by atoms with Crippen LogP contribution in [-0.2, 0) is 28.9 Å². The SMILES string of the molecule is CC1(C)C(=O)N(c2ccc(C#N)c(C(F)(F)F)c2F)C(=S)N1c1ccc(COCc2nccs2)c(F)c1. The van der Waals surface area contributed by atoms with Crippen molar-refractivity contribution in [2.45, 2.75) is 38.8 Å². The molecular formula is C24H17F5N4O2S2. The highest BCUT2D eigenvalue weighted by atomic mass is 32.1. The summed E-state index contributed by atoms with van der Waals surface area (Å²) >= 11 is 6.76. The van der Waals surface area contributed by atoms with Crippen LogP contribution in [0.15, 0.2) is 41.9 Å². The number of rotatable bonds is 6. The van der Waals surface area contributed by atoms with E-state index in [0.717, 1.165) is 23.2 Å². The molecule has 0 N–H and O–H groups in total. The molecule has 0 bridgehead atoms. The van der Waals surface area contributed by atoms with Crippen molar-refractivity contribution in [1.29, 1.82) is 5.26 Å². The lowest BCUT2D eigenvalue weighted by molar-refractivity contribution is -0.140. The van der Waals surface area contributed by atoms with Crippen molar-refractivity contribution in [2.24, 2.45) is 0 Å². The quantitative estimate of drug-likeness (QED) is 0.278. The van der Waals surface area contributed by atoms with E-state index in [1.54, 1.807) is 11.6 Å². The third kappa shape index (κ3) is 4.79.